The van der Waals surface area contributed by atoms with Crippen molar-refractivity contribution in [1.82, 2.24) is 0 Å². The summed E-state index contributed by atoms with van der Waals surface area (Å²) in [6.07, 6.45) is 2.93. The van der Waals surface area contributed by atoms with Crippen molar-refractivity contribution in [2.24, 2.45) is 5.92 Å². The number of benzene rings is 1. The summed E-state index contributed by atoms with van der Waals surface area (Å²) in [6, 6.07) is 8.79. The maximum atomic E-state index is 12.0. The molecule has 0 saturated heterocycles. The first-order valence-electron chi connectivity index (χ1n) is 5.90. The molecule has 1 fully saturated rings. The number of ether oxygens (including phenoxy) is 1. The van der Waals surface area contributed by atoms with Gasteiger partial charge >= 0.3 is 6.61 Å². The van der Waals surface area contributed by atoms with Crippen molar-refractivity contribution in [2.75, 3.05) is 5.32 Å². The van der Waals surface area contributed by atoms with Gasteiger partial charge in [-0.1, -0.05) is 0 Å². The van der Waals surface area contributed by atoms with Crippen LogP contribution in [0.4, 0.5) is 14.5 Å². The zero-order valence-corrected chi connectivity index (χ0v) is 9.77. The van der Waals surface area contributed by atoms with Gasteiger partial charge in [-0.05, 0) is 43.5 Å². The monoisotopic (exact) mass is 252 g/mol. The van der Waals surface area contributed by atoms with Crippen molar-refractivity contribution in [3.05, 3.63) is 24.3 Å². The second kappa shape index (κ2) is 5.67. The molecular formula is C13H14F2N2O. The predicted molar refractivity (Wildman–Crippen MR) is 63.4 cm³/mol. The molecule has 1 saturated carbocycles. The number of nitrogens with one attached hydrogen (secondary N) is 1. The van der Waals surface area contributed by atoms with Crippen LogP contribution in [-0.4, -0.2) is 12.7 Å². The van der Waals surface area contributed by atoms with E-state index in [4.69, 9.17) is 5.26 Å². The van der Waals surface area contributed by atoms with Crippen LogP contribution in [0, 0.1) is 17.2 Å². The Bertz CT molecular complexity index is 428. The Labute approximate surface area is 104 Å². The SMILES string of the molecule is N#CC1CCCC1Nc1ccc(OC(F)F)cc1. The van der Waals surface area contributed by atoms with Crippen LogP contribution in [0.1, 0.15) is 19.3 Å². The Balaban J connectivity index is 1.96. The minimum atomic E-state index is -2.80. The number of hydrogen-bond acceptors (Lipinski definition) is 3. The van der Waals surface area contributed by atoms with Gasteiger partial charge in [-0.25, -0.2) is 0 Å². The lowest BCUT2D eigenvalue weighted by Gasteiger charge is -2.17. The van der Waals surface area contributed by atoms with Crippen LogP contribution in [0.2, 0.25) is 0 Å². The standard InChI is InChI=1S/C13H14F2N2O/c14-13(15)18-11-6-4-10(5-7-11)17-12-3-1-2-9(12)8-16/h4-7,9,12-13,17H,1-3H2. The van der Waals surface area contributed by atoms with Crippen LogP contribution in [0.25, 0.3) is 0 Å². The van der Waals surface area contributed by atoms with E-state index in [0.29, 0.717) is 0 Å². The Morgan fingerprint density at radius 1 is 1.28 bits per heavy atom. The zero-order chi connectivity index (χ0) is 13.0. The fourth-order valence-electron chi connectivity index (χ4n) is 2.23. The molecule has 0 aliphatic heterocycles. The van der Waals surface area contributed by atoms with Crippen LogP contribution in [0.3, 0.4) is 0 Å². The number of alkyl halides is 2. The number of anilines is 1. The highest BCUT2D eigenvalue weighted by Crippen LogP contribution is 2.28. The van der Waals surface area contributed by atoms with Crippen LogP contribution in [-0.2, 0) is 0 Å². The largest absolute Gasteiger partial charge is 0.435 e. The van der Waals surface area contributed by atoms with Gasteiger partial charge in [0.1, 0.15) is 5.75 Å². The fraction of sp³-hybridized carbons (Fsp3) is 0.462. The number of rotatable bonds is 4. The molecule has 1 N–H and O–H groups in total. The lowest BCUT2D eigenvalue weighted by Crippen LogP contribution is -2.22. The molecule has 0 aromatic heterocycles. The molecule has 2 rings (SSSR count). The minimum Gasteiger partial charge on any atom is -0.435 e. The quantitative estimate of drug-likeness (QED) is 0.893. The number of nitriles is 1. The molecule has 96 valence electrons. The third kappa shape index (κ3) is 3.10. The average molecular weight is 252 g/mol. The summed E-state index contributed by atoms with van der Waals surface area (Å²) < 4.78 is 28.2. The van der Waals surface area contributed by atoms with E-state index in [0.717, 1.165) is 24.9 Å². The highest BCUT2D eigenvalue weighted by Gasteiger charge is 2.26. The highest BCUT2D eigenvalue weighted by molar-refractivity contribution is 5.47. The molecule has 0 radical (unpaired) electrons. The first-order chi connectivity index (χ1) is 8.69. The van der Waals surface area contributed by atoms with E-state index in [2.05, 4.69) is 16.1 Å². The molecule has 5 heteroatoms. The van der Waals surface area contributed by atoms with Gasteiger partial charge in [0.15, 0.2) is 0 Å². The summed E-state index contributed by atoms with van der Waals surface area (Å²) >= 11 is 0. The molecular weight excluding hydrogens is 238 g/mol. The van der Waals surface area contributed by atoms with Crippen molar-refractivity contribution in [3.8, 4) is 11.8 Å². The van der Waals surface area contributed by atoms with Gasteiger partial charge in [-0.2, -0.15) is 14.0 Å². The summed E-state index contributed by atoms with van der Waals surface area (Å²) in [4.78, 5) is 0. The Hall–Kier alpha value is -1.83. The summed E-state index contributed by atoms with van der Waals surface area (Å²) in [5.41, 5.74) is 0.823. The average Bonchev–Trinajstić information content (AvgIpc) is 2.78. The molecule has 1 aliphatic carbocycles. The second-order valence-electron chi connectivity index (χ2n) is 4.32. The summed E-state index contributed by atoms with van der Waals surface area (Å²) in [5, 5.41) is 12.2. The lowest BCUT2D eigenvalue weighted by molar-refractivity contribution is -0.0498. The van der Waals surface area contributed by atoms with E-state index in [9.17, 15) is 8.78 Å². The van der Waals surface area contributed by atoms with Gasteiger partial charge in [0.25, 0.3) is 0 Å². The maximum absolute atomic E-state index is 12.0. The van der Waals surface area contributed by atoms with Gasteiger partial charge < -0.3 is 10.1 Å². The van der Waals surface area contributed by atoms with Crippen molar-refractivity contribution >= 4 is 5.69 Å². The molecule has 18 heavy (non-hydrogen) atoms. The molecule has 2 atom stereocenters. The number of nitrogens with zero attached hydrogens (tertiary/aromatic N) is 1. The molecule has 0 spiro atoms. The predicted octanol–water partition coefficient (Wildman–Crippen LogP) is 3.39. The zero-order valence-electron chi connectivity index (χ0n) is 9.77. The van der Waals surface area contributed by atoms with E-state index in [1.54, 1.807) is 12.1 Å². The maximum Gasteiger partial charge on any atom is 0.387 e. The van der Waals surface area contributed by atoms with Gasteiger partial charge in [-0.15, -0.1) is 0 Å². The van der Waals surface area contributed by atoms with E-state index in [-0.39, 0.29) is 17.7 Å². The van der Waals surface area contributed by atoms with Gasteiger partial charge in [-0.3, -0.25) is 0 Å². The topological polar surface area (TPSA) is 45.0 Å². The van der Waals surface area contributed by atoms with Crippen LogP contribution in [0.15, 0.2) is 24.3 Å². The first kappa shape index (κ1) is 12.6. The van der Waals surface area contributed by atoms with E-state index in [1.807, 2.05) is 0 Å². The fourth-order valence-corrected chi connectivity index (χ4v) is 2.23. The third-order valence-corrected chi connectivity index (χ3v) is 3.11. The van der Waals surface area contributed by atoms with Gasteiger partial charge in [0.05, 0.1) is 12.0 Å². The summed E-state index contributed by atoms with van der Waals surface area (Å²) in [6.45, 7) is -2.80. The molecule has 2 unspecified atom stereocenters. The lowest BCUT2D eigenvalue weighted by atomic mass is 10.1. The van der Waals surface area contributed by atoms with Crippen molar-refractivity contribution < 1.29 is 13.5 Å². The molecule has 0 heterocycles. The van der Waals surface area contributed by atoms with Crippen LogP contribution in [0.5, 0.6) is 5.75 Å². The van der Waals surface area contributed by atoms with Gasteiger partial charge in [0.2, 0.25) is 0 Å². The summed E-state index contributed by atoms with van der Waals surface area (Å²) in [7, 11) is 0. The van der Waals surface area contributed by atoms with E-state index in [1.165, 1.54) is 12.1 Å². The smallest absolute Gasteiger partial charge is 0.387 e. The molecule has 1 aliphatic rings. The van der Waals surface area contributed by atoms with Crippen LogP contribution >= 0.6 is 0 Å². The first-order valence-corrected chi connectivity index (χ1v) is 5.90. The molecule has 1 aromatic carbocycles. The Morgan fingerprint density at radius 3 is 2.61 bits per heavy atom. The molecule has 1 aromatic rings. The Morgan fingerprint density at radius 2 is 2.00 bits per heavy atom. The third-order valence-electron chi connectivity index (χ3n) is 3.11. The molecule has 3 nitrogen and oxygen atoms in total. The highest BCUT2D eigenvalue weighted by atomic mass is 19.3. The van der Waals surface area contributed by atoms with E-state index >= 15 is 0 Å². The number of hydrogen-bond donors (Lipinski definition) is 1. The minimum absolute atomic E-state index is 0.0296. The summed E-state index contributed by atoms with van der Waals surface area (Å²) in [5.74, 6) is 0.167. The van der Waals surface area contributed by atoms with Crippen LogP contribution < -0.4 is 10.1 Å². The van der Waals surface area contributed by atoms with E-state index < -0.39 is 6.61 Å². The molecule has 0 bridgehead atoms. The second-order valence-corrected chi connectivity index (χ2v) is 4.32. The Kier molecular flexibility index (Phi) is 3.98. The number of halogens is 2. The van der Waals surface area contributed by atoms with Gasteiger partial charge in [0, 0.05) is 11.7 Å². The van der Waals surface area contributed by atoms with Crippen molar-refractivity contribution in [3.63, 3.8) is 0 Å². The van der Waals surface area contributed by atoms with Crippen molar-refractivity contribution in [1.29, 1.82) is 5.26 Å². The van der Waals surface area contributed by atoms with Crippen molar-refractivity contribution in [2.45, 2.75) is 31.9 Å². The molecule has 0 amide bonds. The normalized spacial score (nSPS) is 22.8.